The van der Waals surface area contributed by atoms with Crippen LogP contribution in [-0.2, 0) is 6.42 Å². The van der Waals surface area contributed by atoms with E-state index in [1.54, 1.807) is 0 Å². The van der Waals surface area contributed by atoms with Gasteiger partial charge in [0, 0.05) is 25.2 Å². The average molecular weight is 265 g/mol. The zero-order valence-corrected chi connectivity index (χ0v) is 12.5. The molecule has 104 valence electrons. The molecular formula is C19H23N. The molecule has 0 heterocycles. The van der Waals surface area contributed by atoms with E-state index in [1.165, 1.54) is 47.3 Å². The zero-order chi connectivity index (χ0) is 13.9. The lowest BCUT2D eigenvalue weighted by Gasteiger charge is -2.25. The van der Waals surface area contributed by atoms with Crippen LogP contribution < -0.4 is 4.90 Å². The molecule has 0 saturated carbocycles. The molecule has 1 heteroatoms. The smallest absolute Gasteiger partial charge is 0.0408 e. The molecule has 0 radical (unpaired) electrons. The van der Waals surface area contributed by atoms with Gasteiger partial charge in [-0.25, -0.2) is 0 Å². The van der Waals surface area contributed by atoms with E-state index in [1.807, 2.05) is 0 Å². The molecule has 0 bridgehead atoms. The highest BCUT2D eigenvalue weighted by atomic mass is 15.1. The summed E-state index contributed by atoms with van der Waals surface area (Å²) in [6, 6.07) is 15.6. The van der Waals surface area contributed by atoms with E-state index in [-0.39, 0.29) is 0 Å². The first kappa shape index (κ1) is 13.2. The van der Waals surface area contributed by atoms with Crippen molar-refractivity contribution < 1.29 is 0 Å². The Balaban J connectivity index is 2.00. The molecule has 0 aliphatic heterocycles. The van der Waals surface area contributed by atoms with Crippen molar-refractivity contribution in [2.75, 3.05) is 18.0 Å². The van der Waals surface area contributed by atoms with E-state index >= 15 is 0 Å². The van der Waals surface area contributed by atoms with Crippen molar-refractivity contribution in [3.8, 4) is 11.1 Å². The lowest BCUT2D eigenvalue weighted by molar-refractivity contribution is 0.730. The predicted molar refractivity (Wildman–Crippen MR) is 87.5 cm³/mol. The minimum atomic E-state index is 1.09. The Hall–Kier alpha value is -1.76. The van der Waals surface area contributed by atoms with Crippen molar-refractivity contribution in [1.82, 2.24) is 0 Å². The van der Waals surface area contributed by atoms with Crippen LogP contribution in [0, 0.1) is 0 Å². The van der Waals surface area contributed by atoms with Gasteiger partial charge in [-0.3, -0.25) is 0 Å². The van der Waals surface area contributed by atoms with Crippen LogP contribution in [0.15, 0.2) is 42.5 Å². The normalized spacial score (nSPS) is 12.1. The van der Waals surface area contributed by atoms with Gasteiger partial charge in [-0.05, 0) is 41.7 Å². The molecule has 0 atom stereocenters. The number of anilines is 1. The minimum absolute atomic E-state index is 1.09. The molecule has 1 nitrogen and oxygen atoms in total. The molecule has 0 unspecified atom stereocenters. The summed E-state index contributed by atoms with van der Waals surface area (Å²) in [5, 5.41) is 0. The summed E-state index contributed by atoms with van der Waals surface area (Å²) in [5.41, 5.74) is 7.30. The molecular weight excluding hydrogens is 242 g/mol. The number of hydrogen-bond acceptors (Lipinski definition) is 1. The summed E-state index contributed by atoms with van der Waals surface area (Å²) in [6.07, 6.45) is 3.61. The molecule has 0 fully saturated rings. The summed E-state index contributed by atoms with van der Waals surface area (Å²) in [7, 11) is 0. The summed E-state index contributed by atoms with van der Waals surface area (Å²) >= 11 is 0. The summed E-state index contributed by atoms with van der Waals surface area (Å²) in [4.78, 5) is 2.54. The molecule has 2 aromatic rings. The SMILES string of the molecule is CCCCN(CC)c1cccc2c1Cc1ccccc1-2. The van der Waals surface area contributed by atoms with Gasteiger partial charge in [0.05, 0.1) is 0 Å². The molecule has 2 aromatic carbocycles. The number of unbranched alkanes of at least 4 members (excludes halogenated alkanes) is 1. The molecule has 0 amide bonds. The second kappa shape index (κ2) is 5.70. The van der Waals surface area contributed by atoms with Crippen LogP contribution in [0.4, 0.5) is 5.69 Å². The van der Waals surface area contributed by atoms with Gasteiger partial charge in [-0.15, -0.1) is 0 Å². The Bertz CT molecular complexity index is 600. The first-order chi connectivity index (χ1) is 9.85. The molecule has 0 saturated heterocycles. The van der Waals surface area contributed by atoms with Gasteiger partial charge in [0.15, 0.2) is 0 Å². The maximum absolute atomic E-state index is 2.54. The molecule has 3 rings (SSSR count). The van der Waals surface area contributed by atoms with Crippen LogP contribution >= 0.6 is 0 Å². The number of hydrogen-bond donors (Lipinski definition) is 0. The van der Waals surface area contributed by atoms with Gasteiger partial charge in [-0.2, -0.15) is 0 Å². The molecule has 1 aliphatic carbocycles. The fraction of sp³-hybridized carbons (Fsp3) is 0.368. The van der Waals surface area contributed by atoms with Crippen molar-refractivity contribution in [2.24, 2.45) is 0 Å². The fourth-order valence-electron chi connectivity index (χ4n) is 3.23. The molecule has 20 heavy (non-hydrogen) atoms. The summed E-state index contributed by atoms with van der Waals surface area (Å²) in [5.74, 6) is 0. The largest absolute Gasteiger partial charge is 0.372 e. The highest BCUT2D eigenvalue weighted by Crippen LogP contribution is 2.41. The Morgan fingerprint density at radius 3 is 2.55 bits per heavy atom. The predicted octanol–water partition coefficient (Wildman–Crippen LogP) is 4.88. The van der Waals surface area contributed by atoms with Crippen LogP contribution in [0.1, 0.15) is 37.8 Å². The number of rotatable bonds is 5. The highest BCUT2D eigenvalue weighted by molar-refractivity contribution is 5.82. The first-order valence-corrected chi connectivity index (χ1v) is 7.80. The van der Waals surface area contributed by atoms with Crippen LogP contribution in [0.25, 0.3) is 11.1 Å². The summed E-state index contributed by atoms with van der Waals surface area (Å²) < 4.78 is 0. The van der Waals surface area contributed by atoms with E-state index in [0.717, 1.165) is 13.0 Å². The molecule has 0 aromatic heterocycles. The van der Waals surface area contributed by atoms with E-state index in [4.69, 9.17) is 0 Å². The Morgan fingerprint density at radius 1 is 0.950 bits per heavy atom. The van der Waals surface area contributed by atoms with Crippen molar-refractivity contribution >= 4 is 5.69 Å². The van der Waals surface area contributed by atoms with Gasteiger partial charge in [0.2, 0.25) is 0 Å². The van der Waals surface area contributed by atoms with Crippen LogP contribution in [-0.4, -0.2) is 13.1 Å². The van der Waals surface area contributed by atoms with Gasteiger partial charge >= 0.3 is 0 Å². The number of nitrogens with zero attached hydrogens (tertiary/aromatic N) is 1. The monoisotopic (exact) mass is 265 g/mol. The highest BCUT2D eigenvalue weighted by Gasteiger charge is 2.22. The summed E-state index contributed by atoms with van der Waals surface area (Å²) in [6.45, 7) is 6.78. The maximum atomic E-state index is 2.54. The molecule has 0 spiro atoms. The van der Waals surface area contributed by atoms with Gasteiger partial charge in [0.1, 0.15) is 0 Å². The Kier molecular flexibility index (Phi) is 3.77. The van der Waals surface area contributed by atoms with Crippen LogP contribution in [0.5, 0.6) is 0 Å². The van der Waals surface area contributed by atoms with E-state index in [2.05, 4.69) is 61.2 Å². The third-order valence-electron chi connectivity index (χ3n) is 4.33. The maximum Gasteiger partial charge on any atom is 0.0408 e. The van der Waals surface area contributed by atoms with Crippen molar-refractivity contribution in [2.45, 2.75) is 33.1 Å². The van der Waals surface area contributed by atoms with E-state index < -0.39 is 0 Å². The van der Waals surface area contributed by atoms with Gasteiger partial charge < -0.3 is 4.90 Å². The lowest BCUT2D eigenvalue weighted by Crippen LogP contribution is -2.24. The number of fused-ring (bicyclic) bond motifs is 3. The lowest BCUT2D eigenvalue weighted by atomic mass is 10.0. The van der Waals surface area contributed by atoms with Gasteiger partial charge in [-0.1, -0.05) is 49.7 Å². The zero-order valence-electron chi connectivity index (χ0n) is 12.5. The second-order valence-corrected chi connectivity index (χ2v) is 5.57. The standard InChI is InChI=1S/C19H23N/c1-3-5-13-20(4-2)19-12-8-11-17-16-10-7-6-9-15(16)14-18(17)19/h6-12H,3-5,13-14H2,1-2H3. The molecule has 1 aliphatic rings. The van der Waals surface area contributed by atoms with E-state index in [0.29, 0.717) is 0 Å². The quantitative estimate of drug-likeness (QED) is 0.635. The minimum Gasteiger partial charge on any atom is -0.372 e. The Labute approximate surface area is 122 Å². The topological polar surface area (TPSA) is 3.24 Å². The fourth-order valence-corrected chi connectivity index (χ4v) is 3.23. The second-order valence-electron chi connectivity index (χ2n) is 5.57. The third-order valence-corrected chi connectivity index (χ3v) is 4.33. The third kappa shape index (κ3) is 2.22. The Morgan fingerprint density at radius 2 is 1.75 bits per heavy atom. The average Bonchev–Trinajstić information content (AvgIpc) is 2.87. The van der Waals surface area contributed by atoms with Crippen LogP contribution in [0.2, 0.25) is 0 Å². The van der Waals surface area contributed by atoms with Gasteiger partial charge in [0.25, 0.3) is 0 Å². The number of benzene rings is 2. The van der Waals surface area contributed by atoms with Crippen molar-refractivity contribution in [3.63, 3.8) is 0 Å². The van der Waals surface area contributed by atoms with Crippen molar-refractivity contribution in [1.29, 1.82) is 0 Å². The van der Waals surface area contributed by atoms with Crippen molar-refractivity contribution in [3.05, 3.63) is 53.6 Å². The molecule has 0 N–H and O–H groups in total. The van der Waals surface area contributed by atoms with E-state index in [9.17, 15) is 0 Å². The first-order valence-electron chi connectivity index (χ1n) is 7.80. The van der Waals surface area contributed by atoms with Crippen LogP contribution in [0.3, 0.4) is 0 Å².